The van der Waals surface area contributed by atoms with E-state index < -0.39 is 0 Å². The fourth-order valence-electron chi connectivity index (χ4n) is 5.02. The number of piperidine rings is 1. The molecule has 8 nitrogen and oxygen atoms in total. The minimum atomic E-state index is -0.156. The Morgan fingerprint density at radius 1 is 1.24 bits per heavy atom. The van der Waals surface area contributed by atoms with Crippen molar-refractivity contribution >= 4 is 34.2 Å². The van der Waals surface area contributed by atoms with E-state index in [2.05, 4.69) is 26.4 Å². The van der Waals surface area contributed by atoms with Gasteiger partial charge in [0, 0.05) is 66.7 Å². The van der Waals surface area contributed by atoms with Crippen LogP contribution in [-0.2, 0) is 6.54 Å². The molecule has 4 aromatic rings. The van der Waals surface area contributed by atoms with E-state index in [4.69, 9.17) is 11.6 Å². The van der Waals surface area contributed by atoms with Crippen LogP contribution < -0.4 is 10.5 Å². The van der Waals surface area contributed by atoms with Gasteiger partial charge in [0.15, 0.2) is 0 Å². The molecule has 1 N–H and O–H groups in total. The maximum atomic E-state index is 13.6. The van der Waals surface area contributed by atoms with Crippen molar-refractivity contribution in [3.8, 4) is 11.3 Å². The zero-order valence-electron chi connectivity index (χ0n) is 20.9. The summed E-state index contributed by atoms with van der Waals surface area (Å²) in [5.41, 5.74) is 3.31. The molecule has 0 spiro atoms. The van der Waals surface area contributed by atoms with Gasteiger partial charge in [-0.05, 0) is 31.9 Å². The zero-order valence-corrected chi connectivity index (χ0v) is 21.7. The molecule has 0 radical (unpaired) electrons. The summed E-state index contributed by atoms with van der Waals surface area (Å²) < 4.78 is 1.53. The van der Waals surface area contributed by atoms with Gasteiger partial charge in [-0.3, -0.25) is 9.59 Å². The topological polar surface area (TPSA) is 87.1 Å². The van der Waals surface area contributed by atoms with Crippen molar-refractivity contribution in [1.29, 1.82) is 0 Å². The van der Waals surface area contributed by atoms with Crippen LogP contribution in [0.5, 0.6) is 0 Å². The number of hydrogen-bond acceptors (Lipinski definition) is 5. The van der Waals surface area contributed by atoms with E-state index in [-0.39, 0.29) is 17.5 Å². The number of halogens is 1. The minimum absolute atomic E-state index is 0.0727. The highest BCUT2D eigenvalue weighted by molar-refractivity contribution is 6.33. The highest BCUT2D eigenvalue weighted by Crippen LogP contribution is 2.29. The number of fused-ring (bicyclic) bond motifs is 1. The SMILES string of the molecule is C=CCn1cc(C(=O)N(C)C2CCN(c3cc(-c4ccccc4Cl)ncn3)CC2)c2cc(C)[nH]c2c1=O. The normalized spacial score (nSPS) is 14.2. The average molecular weight is 517 g/mol. The third-order valence-electron chi connectivity index (χ3n) is 7.02. The molecule has 1 fully saturated rings. The second-order valence-corrected chi connectivity index (χ2v) is 9.81. The van der Waals surface area contributed by atoms with Gasteiger partial charge in [-0.1, -0.05) is 35.9 Å². The molecule has 0 aliphatic carbocycles. The first kappa shape index (κ1) is 24.8. The summed E-state index contributed by atoms with van der Waals surface area (Å²) in [6, 6.07) is 11.5. The van der Waals surface area contributed by atoms with Gasteiger partial charge < -0.3 is 19.4 Å². The molecule has 4 heterocycles. The molecule has 5 rings (SSSR count). The molecule has 0 unspecified atom stereocenters. The number of benzene rings is 1. The number of aromatic nitrogens is 4. The Kier molecular flexibility index (Phi) is 6.84. The fourth-order valence-corrected chi connectivity index (χ4v) is 5.25. The predicted octanol–water partition coefficient (Wildman–Crippen LogP) is 4.68. The number of hydrogen-bond donors (Lipinski definition) is 1. The lowest BCUT2D eigenvalue weighted by atomic mass is 10.0. The zero-order chi connectivity index (χ0) is 26.1. The van der Waals surface area contributed by atoms with E-state index in [0.717, 1.165) is 48.7 Å². The van der Waals surface area contributed by atoms with E-state index in [1.165, 1.54) is 4.57 Å². The number of anilines is 1. The Balaban J connectivity index is 1.33. The van der Waals surface area contributed by atoms with Crippen molar-refractivity contribution < 1.29 is 4.79 Å². The average Bonchev–Trinajstić information content (AvgIpc) is 3.32. The van der Waals surface area contributed by atoms with E-state index in [0.29, 0.717) is 28.0 Å². The number of pyridine rings is 1. The van der Waals surface area contributed by atoms with E-state index >= 15 is 0 Å². The molecule has 0 saturated carbocycles. The van der Waals surface area contributed by atoms with Crippen LogP contribution in [0.3, 0.4) is 0 Å². The van der Waals surface area contributed by atoms with Crippen molar-refractivity contribution in [3.05, 3.63) is 88.2 Å². The fraction of sp³-hybridized carbons (Fsp3) is 0.286. The Morgan fingerprint density at radius 3 is 2.73 bits per heavy atom. The number of allylic oxidation sites excluding steroid dienone is 1. The number of aryl methyl sites for hydroxylation is 1. The standard InChI is InChI=1S/C28H29ClN6O2/c1-4-11-35-16-22(21-14-18(2)32-26(21)28(35)37)27(36)33(3)19-9-12-34(13-10-19)25-15-24(30-17-31-25)20-7-5-6-8-23(20)29/h4-8,14-17,19,32H,1,9-13H2,2-3H3. The summed E-state index contributed by atoms with van der Waals surface area (Å²) >= 11 is 6.37. The number of nitrogens with one attached hydrogen (secondary N) is 1. The molecule has 190 valence electrons. The summed E-state index contributed by atoms with van der Waals surface area (Å²) in [4.78, 5) is 42.5. The largest absolute Gasteiger partial charge is 0.356 e. The minimum Gasteiger partial charge on any atom is -0.356 e. The lowest BCUT2D eigenvalue weighted by Gasteiger charge is -2.37. The summed E-state index contributed by atoms with van der Waals surface area (Å²) in [7, 11) is 1.84. The molecule has 0 bridgehead atoms. The van der Waals surface area contributed by atoms with Crippen molar-refractivity contribution in [2.24, 2.45) is 0 Å². The van der Waals surface area contributed by atoms with Crippen molar-refractivity contribution in [2.75, 3.05) is 25.0 Å². The third-order valence-corrected chi connectivity index (χ3v) is 7.35. The van der Waals surface area contributed by atoms with Gasteiger partial charge in [-0.25, -0.2) is 9.97 Å². The van der Waals surface area contributed by atoms with Crippen molar-refractivity contribution in [1.82, 2.24) is 24.4 Å². The summed E-state index contributed by atoms with van der Waals surface area (Å²) in [5, 5.41) is 1.31. The van der Waals surface area contributed by atoms with Crippen LogP contribution in [0.15, 0.2) is 66.4 Å². The van der Waals surface area contributed by atoms with Crippen LogP contribution >= 0.6 is 11.6 Å². The van der Waals surface area contributed by atoms with Gasteiger partial charge in [-0.2, -0.15) is 0 Å². The first-order valence-electron chi connectivity index (χ1n) is 12.3. The maximum absolute atomic E-state index is 13.6. The molecule has 1 aromatic carbocycles. The van der Waals surface area contributed by atoms with Crippen LogP contribution in [0.2, 0.25) is 5.02 Å². The summed E-state index contributed by atoms with van der Waals surface area (Å²) in [5.74, 6) is 0.752. The predicted molar refractivity (Wildman–Crippen MR) is 147 cm³/mol. The second-order valence-electron chi connectivity index (χ2n) is 9.41. The number of carbonyl (C=O) groups is 1. The van der Waals surface area contributed by atoms with Crippen LogP contribution in [0.4, 0.5) is 5.82 Å². The Morgan fingerprint density at radius 2 is 2.00 bits per heavy atom. The maximum Gasteiger partial charge on any atom is 0.275 e. The summed E-state index contributed by atoms with van der Waals surface area (Å²) in [6.07, 6.45) is 6.48. The number of aromatic amines is 1. The van der Waals surface area contributed by atoms with Crippen LogP contribution in [-0.4, -0.2) is 56.5 Å². The number of rotatable bonds is 6. The van der Waals surface area contributed by atoms with Gasteiger partial charge in [0.25, 0.3) is 11.5 Å². The quantitative estimate of drug-likeness (QED) is 0.376. The van der Waals surface area contributed by atoms with Gasteiger partial charge >= 0.3 is 0 Å². The number of amides is 1. The van der Waals surface area contributed by atoms with Crippen molar-refractivity contribution in [3.63, 3.8) is 0 Å². The molecule has 1 amide bonds. The first-order chi connectivity index (χ1) is 17.9. The van der Waals surface area contributed by atoms with E-state index in [1.807, 2.05) is 55.3 Å². The lowest BCUT2D eigenvalue weighted by molar-refractivity contribution is 0.0710. The lowest BCUT2D eigenvalue weighted by Crippen LogP contribution is -2.46. The van der Waals surface area contributed by atoms with E-state index in [1.54, 1.807) is 18.6 Å². The van der Waals surface area contributed by atoms with Gasteiger partial charge in [0.2, 0.25) is 0 Å². The Hall–Kier alpha value is -3.91. The third kappa shape index (κ3) is 4.76. The number of nitrogens with zero attached hydrogens (tertiary/aromatic N) is 5. The Bertz CT molecular complexity index is 1530. The van der Waals surface area contributed by atoms with Crippen LogP contribution in [0.1, 0.15) is 28.9 Å². The highest BCUT2D eigenvalue weighted by Gasteiger charge is 2.28. The molecule has 1 aliphatic rings. The summed E-state index contributed by atoms with van der Waals surface area (Å²) in [6.45, 7) is 7.48. The first-order valence-corrected chi connectivity index (χ1v) is 12.7. The smallest absolute Gasteiger partial charge is 0.275 e. The van der Waals surface area contributed by atoms with E-state index in [9.17, 15) is 9.59 Å². The monoisotopic (exact) mass is 516 g/mol. The molecule has 3 aromatic heterocycles. The molecule has 1 saturated heterocycles. The molecule has 0 atom stereocenters. The molecular weight excluding hydrogens is 488 g/mol. The van der Waals surface area contributed by atoms with Gasteiger partial charge in [0.1, 0.15) is 17.7 Å². The molecular formula is C28H29ClN6O2. The highest BCUT2D eigenvalue weighted by atomic mass is 35.5. The number of H-pyrrole nitrogens is 1. The number of carbonyl (C=O) groups excluding carboxylic acids is 1. The van der Waals surface area contributed by atoms with Gasteiger partial charge in [0.05, 0.1) is 11.3 Å². The molecule has 9 heteroatoms. The second kappa shape index (κ2) is 10.2. The molecule has 1 aliphatic heterocycles. The molecule has 37 heavy (non-hydrogen) atoms. The van der Waals surface area contributed by atoms with Crippen LogP contribution in [0.25, 0.3) is 22.2 Å². The van der Waals surface area contributed by atoms with Crippen LogP contribution in [0, 0.1) is 6.92 Å². The van der Waals surface area contributed by atoms with Crippen molar-refractivity contribution in [2.45, 2.75) is 32.4 Å². The Labute approximate surface area is 220 Å². The van der Waals surface area contributed by atoms with Gasteiger partial charge in [-0.15, -0.1) is 6.58 Å².